The van der Waals surface area contributed by atoms with E-state index >= 15 is 0 Å². The average molecular weight is 202 g/mol. The van der Waals surface area contributed by atoms with Crippen LogP contribution < -0.4 is 0 Å². The van der Waals surface area contributed by atoms with Crippen LogP contribution >= 0.6 is 0 Å². The van der Waals surface area contributed by atoms with Crippen molar-refractivity contribution in [2.75, 3.05) is 0 Å². The molecule has 1 rings (SSSR count). The third kappa shape index (κ3) is 3.23. The van der Waals surface area contributed by atoms with Crippen LogP contribution in [0.4, 0.5) is 0 Å². The van der Waals surface area contributed by atoms with Gasteiger partial charge in [0.15, 0.2) is 0 Å². The van der Waals surface area contributed by atoms with Gasteiger partial charge in [0.1, 0.15) is 0 Å². The van der Waals surface area contributed by atoms with Gasteiger partial charge < -0.3 is 0 Å². The summed E-state index contributed by atoms with van der Waals surface area (Å²) in [4.78, 5) is 0. The summed E-state index contributed by atoms with van der Waals surface area (Å²) in [5.41, 5.74) is 4.41. The molecule has 1 aromatic rings. The molecule has 0 spiro atoms. The molecule has 0 heteroatoms. The van der Waals surface area contributed by atoms with Crippen molar-refractivity contribution in [2.24, 2.45) is 0 Å². The molecule has 0 heterocycles. The Balaban J connectivity index is 3.02. The van der Waals surface area contributed by atoms with Crippen molar-refractivity contribution in [1.82, 2.24) is 0 Å². The summed E-state index contributed by atoms with van der Waals surface area (Å²) in [6, 6.07) is 8.70. The summed E-state index contributed by atoms with van der Waals surface area (Å²) in [5.74, 6) is 0. The quantitative estimate of drug-likeness (QED) is 0.633. The van der Waals surface area contributed by atoms with Gasteiger partial charge in [-0.1, -0.05) is 64.1 Å². The van der Waals surface area contributed by atoms with E-state index in [0.717, 1.165) is 12.8 Å². The molecular weight excluding hydrogens is 180 g/mol. The highest BCUT2D eigenvalue weighted by molar-refractivity contribution is 5.35. The molecule has 0 nitrogen and oxygen atoms in total. The molecule has 15 heavy (non-hydrogen) atoms. The maximum atomic E-state index is 4.09. The molecular formula is C15H22. The topological polar surface area (TPSA) is 0 Å². The molecule has 0 aliphatic carbocycles. The van der Waals surface area contributed by atoms with Gasteiger partial charge in [-0.3, -0.25) is 0 Å². The molecule has 0 bridgehead atoms. The predicted molar refractivity (Wildman–Crippen MR) is 68.3 cm³/mol. The van der Waals surface area contributed by atoms with Gasteiger partial charge in [-0.25, -0.2) is 0 Å². The monoisotopic (exact) mass is 202 g/mol. The Labute approximate surface area is 94.0 Å². The molecule has 0 N–H and O–H groups in total. The zero-order chi connectivity index (χ0) is 11.5. The number of benzene rings is 1. The van der Waals surface area contributed by atoms with Crippen LogP contribution in [0.2, 0.25) is 0 Å². The minimum Gasteiger partial charge on any atom is -0.0995 e. The zero-order valence-electron chi connectivity index (χ0n) is 10.4. The van der Waals surface area contributed by atoms with Crippen molar-refractivity contribution in [1.29, 1.82) is 0 Å². The average Bonchev–Trinajstić information content (AvgIpc) is 2.17. The Bertz CT molecular complexity index is 339. The van der Waals surface area contributed by atoms with E-state index in [-0.39, 0.29) is 5.41 Å². The molecule has 0 radical (unpaired) electrons. The van der Waals surface area contributed by atoms with Gasteiger partial charge >= 0.3 is 0 Å². The van der Waals surface area contributed by atoms with Crippen molar-refractivity contribution >= 4 is 0 Å². The van der Waals surface area contributed by atoms with Crippen LogP contribution in [0.15, 0.2) is 36.4 Å². The van der Waals surface area contributed by atoms with Gasteiger partial charge in [-0.2, -0.15) is 0 Å². The lowest BCUT2D eigenvalue weighted by Crippen LogP contribution is -2.14. The number of allylic oxidation sites excluding steroid dienone is 1. The van der Waals surface area contributed by atoms with Crippen LogP contribution in [-0.2, 0) is 11.8 Å². The lowest BCUT2D eigenvalue weighted by Gasteiger charge is -2.23. The van der Waals surface area contributed by atoms with E-state index in [4.69, 9.17) is 0 Å². The first-order valence-electron chi connectivity index (χ1n) is 5.70. The lowest BCUT2D eigenvalue weighted by atomic mass is 9.82. The van der Waals surface area contributed by atoms with E-state index in [1.807, 2.05) is 0 Å². The maximum Gasteiger partial charge on any atom is -0.00670 e. The van der Waals surface area contributed by atoms with E-state index in [9.17, 15) is 0 Å². The molecule has 0 unspecified atom stereocenters. The molecule has 1 aromatic carbocycles. The van der Waals surface area contributed by atoms with Crippen LogP contribution in [-0.4, -0.2) is 0 Å². The normalized spacial score (nSPS) is 11.5. The molecule has 82 valence electrons. The minimum atomic E-state index is 0.227. The van der Waals surface area contributed by atoms with Gasteiger partial charge in [0.25, 0.3) is 0 Å². The molecule has 0 saturated carbocycles. The van der Waals surface area contributed by atoms with Crippen LogP contribution in [0.1, 0.15) is 45.2 Å². The van der Waals surface area contributed by atoms with E-state index in [2.05, 4.69) is 58.5 Å². The molecule has 0 aliphatic rings. The van der Waals surface area contributed by atoms with Gasteiger partial charge in [-0.05, 0) is 29.4 Å². The van der Waals surface area contributed by atoms with Crippen LogP contribution in [0.3, 0.4) is 0 Å². The van der Waals surface area contributed by atoms with Gasteiger partial charge in [-0.15, -0.1) is 0 Å². The summed E-state index contributed by atoms with van der Waals surface area (Å²) >= 11 is 0. The first-order chi connectivity index (χ1) is 6.95. The SMILES string of the molecule is C=C(CC)Cc1ccccc1C(C)(C)C. The van der Waals surface area contributed by atoms with Crippen molar-refractivity contribution in [3.05, 3.63) is 47.5 Å². The highest BCUT2D eigenvalue weighted by Crippen LogP contribution is 2.27. The highest BCUT2D eigenvalue weighted by atomic mass is 14.2. The van der Waals surface area contributed by atoms with Gasteiger partial charge in [0.2, 0.25) is 0 Å². The van der Waals surface area contributed by atoms with Crippen molar-refractivity contribution in [3.63, 3.8) is 0 Å². The first-order valence-corrected chi connectivity index (χ1v) is 5.70. The second kappa shape index (κ2) is 4.65. The van der Waals surface area contributed by atoms with Crippen LogP contribution in [0.25, 0.3) is 0 Å². The predicted octanol–water partition coefficient (Wildman–Crippen LogP) is 4.49. The number of hydrogen-bond donors (Lipinski definition) is 0. The highest BCUT2D eigenvalue weighted by Gasteiger charge is 2.16. The Morgan fingerprint density at radius 2 is 1.80 bits per heavy atom. The van der Waals surface area contributed by atoms with E-state index in [0.29, 0.717) is 0 Å². The van der Waals surface area contributed by atoms with E-state index in [1.54, 1.807) is 0 Å². The molecule has 0 aromatic heterocycles. The summed E-state index contributed by atoms with van der Waals surface area (Å²) in [6.45, 7) is 13.1. The number of hydrogen-bond acceptors (Lipinski definition) is 0. The molecule has 0 aliphatic heterocycles. The molecule has 0 amide bonds. The third-order valence-electron chi connectivity index (χ3n) is 2.77. The van der Waals surface area contributed by atoms with Gasteiger partial charge in [0.05, 0.1) is 0 Å². The summed E-state index contributed by atoms with van der Waals surface area (Å²) < 4.78 is 0. The summed E-state index contributed by atoms with van der Waals surface area (Å²) in [6.07, 6.45) is 2.09. The van der Waals surface area contributed by atoms with Crippen LogP contribution in [0.5, 0.6) is 0 Å². The number of rotatable bonds is 3. The smallest absolute Gasteiger partial charge is 0.00670 e. The fraction of sp³-hybridized carbons (Fsp3) is 0.467. The van der Waals surface area contributed by atoms with E-state index in [1.165, 1.54) is 16.7 Å². The summed E-state index contributed by atoms with van der Waals surface area (Å²) in [5, 5.41) is 0. The second-order valence-electron chi connectivity index (χ2n) is 5.19. The Kier molecular flexibility index (Phi) is 3.73. The van der Waals surface area contributed by atoms with E-state index < -0.39 is 0 Å². The Morgan fingerprint density at radius 3 is 2.33 bits per heavy atom. The third-order valence-corrected chi connectivity index (χ3v) is 2.77. The fourth-order valence-electron chi connectivity index (χ4n) is 1.80. The fourth-order valence-corrected chi connectivity index (χ4v) is 1.80. The van der Waals surface area contributed by atoms with Crippen molar-refractivity contribution in [2.45, 2.75) is 46.0 Å². The summed E-state index contributed by atoms with van der Waals surface area (Å²) in [7, 11) is 0. The molecule has 0 atom stereocenters. The van der Waals surface area contributed by atoms with Crippen LogP contribution in [0, 0.1) is 0 Å². The first kappa shape index (κ1) is 12.0. The maximum absolute atomic E-state index is 4.09. The Hall–Kier alpha value is -1.04. The standard InChI is InChI=1S/C15H22/c1-6-12(2)11-13-9-7-8-10-14(13)15(3,4)5/h7-10H,2,6,11H2,1,3-5H3. The Morgan fingerprint density at radius 1 is 1.20 bits per heavy atom. The molecule has 0 saturated heterocycles. The lowest BCUT2D eigenvalue weighted by molar-refractivity contribution is 0.583. The minimum absolute atomic E-state index is 0.227. The van der Waals surface area contributed by atoms with Crippen molar-refractivity contribution < 1.29 is 0 Å². The second-order valence-corrected chi connectivity index (χ2v) is 5.19. The largest absolute Gasteiger partial charge is 0.0995 e. The zero-order valence-corrected chi connectivity index (χ0v) is 10.4. The van der Waals surface area contributed by atoms with Crippen molar-refractivity contribution in [3.8, 4) is 0 Å². The van der Waals surface area contributed by atoms with Gasteiger partial charge in [0, 0.05) is 0 Å². The molecule has 0 fully saturated rings.